The molecule has 1 aromatic heterocycles. The van der Waals surface area contributed by atoms with Crippen molar-refractivity contribution in [3.05, 3.63) is 87.8 Å². The fraction of sp³-hybridized carbons (Fsp3) is 0.240. The van der Waals surface area contributed by atoms with Gasteiger partial charge in [-0.25, -0.2) is 4.79 Å². The van der Waals surface area contributed by atoms with Crippen molar-refractivity contribution in [2.75, 3.05) is 23.7 Å². The summed E-state index contributed by atoms with van der Waals surface area (Å²) in [5.74, 6) is -0.0337. The highest BCUT2D eigenvalue weighted by Crippen LogP contribution is 2.33. The van der Waals surface area contributed by atoms with Gasteiger partial charge in [0.25, 0.3) is 5.91 Å². The first-order valence-corrected chi connectivity index (χ1v) is 11.9. The number of carbonyl (C=O) groups excluding carboxylic acids is 2. The van der Waals surface area contributed by atoms with Gasteiger partial charge < -0.3 is 15.4 Å². The molecule has 1 atom stereocenters. The Morgan fingerprint density at radius 3 is 2.24 bits per heavy atom. The zero-order chi connectivity index (χ0) is 23.0. The van der Waals surface area contributed by atoms with E-state index in [0.717, 1.165) is 35.1 Å². The van der Waals surface area contributed by atoms with Gasteiger partial charge in [0.2, 0.25) is 0 Å². The van der Waals surface area contributed by atoms with Crippen LogP contribution in [-0.2, 0) is 4.74 Å². The van der Waals surface area contributed by atoms with Gasteiger partial charge in [-0.05, 0) is 103 Å². The van der Waals surface area contributed by atoms with E-state index >= 15 is 0 Å². The number of halogens is 1. The van der Waals surface area contributed by atoms with Crippen molar-refractivity contribution in [2.24, 2.45) is 5.92 Å². The van der Waals surface area contributed by atoms with E-state index in [1.165, 1.54) is 0 Å². The number of aromatic nitrogens is 1. The molecule has 170 valence electrons. The summed E-state index contributed by atoms with van der Waals surface area (Å²) >= 11 is 2.19. The minimum atomic E-state index is -0.564. The first kappa shape index (κ1) is 23.2. The van der Waals surface area contributed by atoms with Gasteiger partial charge in [0.15, 0.2) is 0 Å². The van der Waals surface area contributed by atoms with Crippen LogP contribution < -0.4 is 16.0 Å². The molecule has 3 N–H and O–H groups in total. The van der Waals surface area contributed by atoms with Crippen LogP contribution in [0.1, 0.15) is 34.9 Å². The summed E-state index contributed by atoms with van der Waals surface area (Å²) in [6.07, 6.45) is 4.32. The van der Waals surface area contributed by atoms with E-state index in [0.29, 0.717) is 16.9 Å². The predicted octanol–water partition coefficient (Wildman–Crippen LogP) is 5.23. The van der Waals surface area contributed by atoms with Crippen LogP contribution in [0.15, 0.2) is 73.1 Å². The third kappa shape index (κ3) is 6.29. The largest absolute Gasteiger partial charge is 0.441 e. The number of anilines is 2. The monoisotopic (exact) mass is 556 g/mol. The van der Waals surface area contributed by atoms with Crippen LogP contribution in [0.2, 0.25) is 0 Å². The van der Waals surface area contributed by atoms with Crippen LogP contribution >= 0.6 is 22.6 Å². The number of ether oxygens (including phenoxy) is 1. The highest BCUT2D eigenvalue weighted by Gasteiger charge is 2.28. The van der Waals surface area contributed by atoms with Gasteiger partial charge in [0.1, 0.15) is 6.10 Å². The summed E-state index contributed by atoms with van der Waals surface area (Å²) in [6.45, 7) is 1.79. The van der Waals surface area contributed by atoms with Crippen molar-refractivity contribution >= 4 is 46.0 Å². The molecule has 33 heavy (non-hydrogen) atoms. The standard InChI is InChI=1S/C25H25IN4O3/c26-20-7-5-19(6-8-20)24(31)29-21-3-1-2-4-22(21)30-25(32)33-23(17-9-13-27-14-10-17)18-11-15-28-16-12-18/h1-10,13-14,18,23,28H,11-12,15-16H2,(H,29,31)(H,30,32). The Bertz CT molecular complexity index is 1090. The quantitative estimate of drug-likeness (QED) is 0.362. The predicted molar refractivity (Wildman–Crippen MR) is 136 cm³/mol. The van der Waals surface area contributed by atoms with Crippen molar-refractivity contribution < 1.29 is 14.3 Å². The zero-order valence-electron chi connectivity index (χ0n) is 18.0. The molecule has 0 bridgehead atoms. The van der Waals surface area contributed by atoms with Crippen LogP contribution in [-0.4, -0.2) is 30.1 Å². The lowest BCUT2D eigenvalue weighted by Crippen LogP contribution is -2.33. The molecule has 2 heterocycles. The zero-order valence-corrected chi connectivity index (χ0v) is 20.1. The number of carbonyl (C=O) groups is 2. The summed E-state index contributed by atoms with van der Waals surface area (Å²) < 4.78 is 6.97. The first-order chi connectivity index (χ1) is 16.1. The van der Waals surface area contributed by atoms with E-state index in [9.17, 15) is 9.59 Å². The summed E-state index contributed by atoms with van der Waals surface area (Å²) in [6, 6.07) is 18.1. The maximum Gasteiger partial charge on any atom is 0.412 e. The number of nitrogens with zero attached hydrogens (tertiary/aromatic N) is 1. The Hall–Kier alpha value is -2.98. The molecule has 1 fully saturated rings. The van der Waals surface area contributed by atoms with Crippen LogP contribution in [0, 0.1) is 9.49 Å². The van der Waals surface area contributed by atoms with E-state index in [2.05, 4.69) is 43.5 Å². The third-order valence-electron chi connectivity index (χ3n) is 5.60. The Kier molecular flexibility index (Phi) is 7.90. The second-order valence-electron chi connectivity index (χ2n) is 7.83. The van der Waals surface area contributed by atoms with Crippen LogP contribution in [0.3, 0.4) is 0 Å². The highest BCUT2D eigenvalue weighted by molar-refractivity contribution is 14.1. The molecule has 1 unspecified atom stereocenters. The number of amides is 2. The van der Waals surface area contributed by atoms with Gasteiger partial charge in [0, 0.05) is 27.4 Å². The topological polar surface area (TPSA) is 92.4 Å². The van der Waals surface area contributed by atoms with E-state index < -0.39 is 6.09 Å². The fourth-order valence-electron chi connectivity index (χ4n) is 3.89. The summed E-state index contributed by atoms with van der Waals surface area (Å²) in [4.78, 5) is 29.6. The van der Waals surface area contributed by atoms with Crippen molar-refractivity contribution in [3.8, 4) is 0 Å². The maximum absolute atomic E-state index is 12.9. The van der Waals surface area contributed by atoms with Crippen molar-refractivity contribution in [1.82, 2.24) is 10.3 Å². The number of nitrogens with one attached hydrogen (secondary N) is 3. The van der Waals surface area contributed by atoms with Crippen LogP contribution in [0.5, 0.6) is 0 Å². The number of benzene rings is 2. The SMILES string of the molecule is O=C(Nc1ccccc1NC(=O)c1ccc(I)cc1)OC(c1ccncc1)C1CCNCC1. The van der Waals surface area contributed by atoms with Crippen LogP contribution in [0.4, 0.5) is 16.2 Å². The summed E-state index contributed by atoms with van der Waals surface area (Å²) in [7, 11) is 0. The van der Waals surface area contributed by atoms with Gasteiger partial charge >= 0.3 is 6.09 Å². The lowest BCUT2D eigenvalue weighted by Gasteiger charge is -2.30. The molecule has 0 spiro atoms. The third-order valence-corrected chi connectivity index (χ3v) is 6.32. The summed E-state index contributed by atoms with van der Waals surface area (Å²) in [5.41, 5.74) is 2.43. The minimum Gasteiger partial charge on any atom is -0.441 e. The fourth-order valence-corrected chi connectivity index (χ4v) is 4.25. The molecule has 3 aromatic rings. The van der Waals surface area contributed by atoms with Gasteiger partial charge in [-0.15, -0.1) is 0 Å². The molecule has 1 saturated heterocycles. The van der Waals surface area contributed by atoms with Crippen LogP contribution in [0.25, 0.3) is 0 Å². The Morgan fingerprint density at radius 1 is 0.939 bits per heavy atom. The second kappa shape index (κ2) is 11.2. The minimum absolute atomic E-state index is 0.218. The Balaban J connectivity index is 1.47. The molecular weight excluding hydrogens is 531 g/mol. The van der Waals surface area contributed by atoms with Gasteiger partial charge in [-0.1, -0.05) is 12.1 Å². The number of hydrogen-bond acceptors (Lipinski definition) is 5. The molecule has 7 nitrogen and oxygen atoms in total. The van der Waals surface area contributed by atoms with Gasteiger partial charge in [-0.3, -0.25) is 15.1 Å². The Labute approximate surface area is 206 Å². The average Bonchev–Trinajstić information content (AvgIpc) is 2.85. The molecule has 0 aliphatic carbocycles. The summed E-state index contributed by atoms with van der Waals surface area (Å²) in [5, 5.41) is 9.03. The Morgan fingerprint density at radius 2 is 1.58 bits per heavy atom. The number of pyridine rings is 1. The number of para-hydroxylation sites is 2. The first-order valence-electron chi connectivity index (χ1n) is 10.8. The highest BCUT2D eigenvalue weighted by atomic mass is 127. The molecule has 4 rings (SSSR count). The molecule has 2 aromatic carbocycles. The van der Waals surface area contributed by atoms with E-state index in [4.69, 9.17) is 4.74 Å². The molecular formula is C25H25IN4O3. The van der Waals surface area contributed by atoms with Crippen molar-refractivity contribution in [1.29, 1.82) is 0 Å². The number of hydrogen-bond donors (Lipinski definition) is 3. The lowest BCUT2D eigenvalue weighted by molar-refractivity contribution is 0.0591. The van der Waals surface area contributed by atoms with Gasteiger partial charge in [-0.2, -0.15) is 0 Å². The molecule has 0 radical (unpaired) electrons. The van der Waals surface area contributed by atoms with E-state index in [1.54, 1.807) is 48.8 Å². The second-order valence-corrected chi connectivity index (χ2v) is 9.07. The molecule has 0 saturated carbocycles. The van der Waals surface area contributed by atoms with E-state index in [-0.39, 0.29) is 17.9 Å². The molecule has 8 heteroatoms. The number of piperidine rings is 1. The van der Waals surface area contributed by atoms with Crippen molar-refractivity contribution in [2.45, 2.75) is 18.9 Å². The molecule has 2 amide bonds. The van der Waals surface area contributed by atoms with Crippen molar-refractivity contribution in [3.63, 3.8) is 0 Å². The molecule has 1 aliphatic heterocycles. The number of rotatable bonds is 6. The van der Waals surface area contributed by atoms with E-state index in [1.807, 2.05) is 24.3 Å². The maximum atomic E-state index is 12.9. The lowest BCUT2D eigenvalue weighted by atomic mass is 9.88. The molecule has 1 aliphatic rings. The van der Waals surface area contributed by atoms with Gasteiger partial charge in [0.05, 0.1) is 11.4 Å². The normalized spacial score (nSPS) is 14.8. The average molecular weight is 556 g/mol. The smallest absolute Gasteiger partial charge is 0.412 e.